The molecule has 7 nitrogen and oxygen atoms in total. The first kappa shape index (κ1) is 21.2. The molecule has 27 heavy (non-hydrogen) atoms. The molecular weight excluding hydrogens is 370 g/mol. The van der Waals surface area contributed by atoms with Gasteiger partial charge in [-0.1, -0.05) is 0 Å². The van der Waals surface area contributed by atoms with Crippen molar-refractivity contribution >= 4 is 35.9 Å². The fourth-order valence-corrected chi connectivity index (χ4v) is 3.52. The molecule has 1 unspecified atom stereocenters. The molecule has 1 aromatic rings. The zero-order valence-electron chi connectivity index (χ0n) is 15.7. The molecule has 2 aliphatic rings. The van der Waals surface area contributed by atoms with Gasteiger partial charge in [0, 0.05) is 57.3 Å². The standard InChI is InChI=1S/C19H25N3O4.ClH/c1-13(26-14(2)23)12-21-7-9-22(10-8-21)19(25)16-3-5-17-15(11-16)4-6-18(24)20-17;/h3,5,11,13H,4,6-10,12H2,1-2H3,(H,20,24);1H. The number of piperazine rings is 1. The summed E-state index contributed by atoms with van der Waals surface area (Å²) in [5.74, 6) is -0.219. The summed E-state index contributed by atoms with van der Waals surface area (Å²) in [6.07, 6.45) is 0.985. The highest BCUT2D eigenvalue weighted by Crippen LogP contribution is 2.24. The third-order valence-corrected chi connectivity index (χ3v) is 4.79. The molecule has 0 aromatic heterocycles. The normalized spacial score (nSPS) is 18.0. The summed E-state index contributed by atoms with van der Waals surface area (Å²) in [7, 11) is 0. The summed E-state index contributed by atoms with van der Waals surface area (Å²) in [5, 5.41) is 2.84. The van der Waals surface area contributed by atoms with E-state index in [1.54, 1.807) is 6.07 Å². The van der Waals surface area contributed by atoms with Crippen molar-refractivity contribution in [3.63, 3.8) is 0 Å². The van der Waals surface area contributed by atoms with E-state index >= 15 is 0 Å². The predicted molar refractivity (Wildman–Crippen MR) is 104 cm³/mol. The van der Waals surface area contributed by atoms with Crippen molar-refractivity contribution in [3.8, 4) is 0 Å². The molecule has 0 saturated carbocycles. The van der Waals surface area contributed by atoms with Crippen LogP contribution in [0.15, 0.2) is 18.2 Å². The average Bonchev–Trinajstić information content (AvgIpc) is 2.60. The summed E-state index contributed by atoms with van der Waals surface area (Å²) < 4.78 is 5.17. The molecule has 0 spiro atoms. The Kier molecular flexibility index (Phi) is 7.21. The highest BCUT2D eigenvalue weighted by Gasteiger charge is 2.24. The van der Waals surface area contributed by atoms with Gasteiger partial charge in [-0.15, -0.1) is 12.4 Å². The van der Waals surface area contributed by atoms with Gasteiger partial charge in [-0.05, 0) is 37.1 Å². The topological polar surface area (TPSA) is 79.0 Å². The number of nitrogens with zero attached hydrogens (tertiary/aromatic N) is 2. The summed E-state index contributed by atoms with van der Waals surface area (Å²) in [6.45, 7) is 6.80. The number of amides is 2. The van der Waals surface area contributed by atoms with Crippen molar-refractivity contribution in [1.82, 2.24) is 9.80 Å². The minimum absolute atomic E-state index is 0. The zero-order valence-corrected chi connectivity index (χ0v) is 16.5. The number of carbonyl (C=O) groups is 3. The Balaban J connectivity index is 0.00000261. The van der Waals surface area contributed by atoms with Gasteiger partial charge in [-0.2, -0.15) is 0 Å². The van der Waals surface area contributed by atoms with Crippen LogP contribution in [-0.4, -0.2) is 66.4 Å². The van der Waals surface area contributed by atoms with Gasteiger partial charge in [0.2, 0.25) is 5.91 Å². The van der Waals surface area contributed by atoms with Crippen molar-refractivity contribution in [2.75, 3.05) is 38.0 Å². The van der Waals surface area contributed by atoms with E-state index in [4.69, 9.17) is 4.74 Å². The Bertz CT molecular complexity index is 717. The highest BCUT2D eigenvalue weighted by atomic mass is 35.5. The van der Waals surface area contributed by atoms with E-state index in [1.165, 1.54) is 6.92 Å². The van der Waals surface area contributed by atoms with E-state index in [0.717, 1.165) is 24.3 Å². The van der Waals surface area contributed by atoms with Crippen LogP contribution in [0.4, 0.5) is 5.69 Å². The number of hydrogen-bond acceptors (Lipinski definition) is 5. The van der Waals surface area contributed by atoms with Crippen molar-refractivity contribution in [1.29, 1.82) is 0 Å². The molecule has 148 valence electrons. The molecule has 0 aliphatic carbocycles. The van der Waals surface area contributed by atoms with E-state index in [0.29, 0.717) is 38.0 Å². The number of hydrogen-bond donors (Lipinski definition) is 1. The fourth-order valence-electron chi connectivity index (χ4n) is 3.52. The zero-order chi connectivity index (χ0) is 18.7. The van der Waals surface area contributed by atoms with Gasteiger partial charge >= 0.3 is 5.97 Å². The Labute approximate surface area is 165 Å². The molecule has 2 aliphatic heterocycles. The van der Waals surface area contributed by atoms with Crippen LogP contribution in [-0.2, 0) is 20.7 Å². The van der Waals surface area contributed by atoms with E-state index in [-0.39, 0.29) is 36.3 Å². The van der Waals surface area contributed by atoms with Gasteiger partial charge in [0.05, 0.1) is 0 Å². The molecular formula is C19H26ClN3O4. The van der Waals surface area contributed by atoms with Crippen molar-refractivity contribution in [2.45, 2.75) is 32.8 Å². The van der Waals surface area contributed by atoms with Crippen LogP contribution in [0.25, 0.3) is 0 Å². The molecule has 8 heteroatoms. The Morgan fingerprint density at radius 1 is 1.19 bits per heavy atom. The van der Waals surface area contributed by atoms with Crippen molar-refractivity contribution < 1.29 is 19.1 Å². The molecule has 0 radical (unpaired) electrons. The summed E-state index contributed by atoms with van der Waals surface area (Å²) in [5.41, 5.74) is 2.49. The monoisotopic (exact) mass is 395 g/mol. The van der Waals surface area contributed by atoms with E-state index in [9.17, 15) is 14.4 Å². The maximum atomic E-state index is 12.8. The molecule has 1 fully saturated rings. The number of fused-ring (bicyclic) bond motifs is 1. The molecule has 0 bridgehead atoms. The second-order valence-electron chi connectivity index (χ2n) is 6.93. The number of rotatable bonds is 4. The van der Waals surface area contributed by atoms with Gasteiger partial charge in [-0.3, -0.25) is 19.3 Å². The van der Waals surface area contributed by atoms with Gasteiger partial charge in [-0.25, -0.2) is 0 Å². The quantitative estimate of drug-likeness (QED) is 0.785. The first-order chi connectivity index (χ1) is 12.4. The molecule has 1 aromatic carbocycles. The highest BCUT2D eigenvalue weighted by molar-refractivity contribution is 5.98. The Morgan fingerprint density at radius 3 is 2.56 bits per heavy atom. The van der Waals surface area contributed by atoms with Crippen LogP contribution in [0.1, 0.15) is 36.2 Å². The van der Waals surface area contributed by atoms with E-state index < -0.39 is 0 Å². The van der Waals surface area contributed by atoms with Gasteiger partial charge in [0.25, 0.3) is 5.91 Å². The molecule has 2 heterocycles. The third-order valence-electron chi connectivity index (χ3n) is 4.79. The Hall–Kier alpha value is -2.12. The maximum Gasteiger partial charge on any atom is 0.302 e. The Morgan fingerprint density at radius 2 is 1.89 bits per heavy atom. The van der Waals surface area contributed by atoms with Crippen LogP contribution in [0.3, 0.4) is 0 Å². The smallest absolute Gasteiger partial charge is 0.302 e. The number of benzene rings is 1. The first-order valence-electron chi connectivity index (χ1n) is 9.04. The second-order valence-corrected chi connectivity index (χ2v) is 6.93. The minimum Gasteiger partial charge on any atom is -0.461 e. The molecule has 1 N–H and O–H groups in total. The molecule has 3 rings (SSSR count). The SMILES string of the molecule is CC(=O)OC(C)CN1CCN(C(=O)c2ccc3c(c2)CCC(=O)N3)CC1.Cl. The van der Waals surface area contributed by atoms with Gasteiger partial charge in [0.1, 0.15) is 6.10 Å². The van der Waals surface area contributed by atoms with Crippen LogP contribution in [0, 0.1) is 0 Å². The number of halogens is 1. The number of ether oxygens (including phenoxy) is 1. The number of esters is 1. The average molecular weight is 396 g/mol. The van der Waals surface area contributed by atoms with Crippen molar-refractivity contribution in [3.05, 3.63) is 29.3 Å². The third kappa shape index (κ3) is 5.43. The van der Waals surface area contributed by atoms with E-state index in [1.807, 2.05) is 24.0 Å². The summed E-state index contributed by atoms with van der Waals surface area (Å²) in [4.78, 5) is 39.3. The summed E-state index contributed by atoms with van der Waals surface area (Å²) >= 11 is 0. The van der Waals surface area contributed by atoms with Gasteiger partial charge < -0.3 is 15.0 Å². The van der Waals surface area contributed by atoms with Crippen LogP contribution >= 0.6 is 12.4 Å². The lowest BCUT2D eigenvalue weighted by Crippen LogP contribution is -2.50. The fraction of sp³-hybridized carbons (Fsp3) is 0.526. The number of nitrogens with one attached hydrogen (secondary N) is 1. The minimum atomic E-state index is -0.269. The second kappa shape index (κ2) is 9.19. The van der Waals surface area contributed by atoms with Crippen molar-refractivity contribution in [2.24, 2.45) is 0 Å². The lowest BCUT2D eigenvalue weighted by Gasteiger charge is -2.35. The molecule has 1 saturated heterocycles. The molecule has 2 amide bonds. The lowest BCUT2D eigenvalue weighted by molar-refractivity contribution is -0.146. The predicted octanol–water partition coefficient (Wildman–Crippen LogP) is 1.70. The number of anilines is 1. The van der Waals surface area contributed by atoms with Gasteiger partial charge in [0.15, 0.2) is 0 Å². The van der Waals surface area contributed by atoms with E-state index in [2.05, 4.69) is 10.2 Å². The number of carbonyl (C=O) groups excluding carboxylic acids is 3. The number of aryl methyl sites for hydroxylation is 1. The first-order valence-corrected chi connectivity index (χ1v) is 9.04. The van der Waals surface area contributed by atoms with Crippen LogP contribution in [0.2, 0.25) is 0 Å². The molecule has 1 atom stereocenters. The van der Waals surface area contributed by atoms with Crippen LogP contribution in [0.5, 0.6) is 0 Å². The largest absolute Gasteiger partial charge is 0.461 e. The summed E-state index contributed by atoms with van der Waals surface area (Å²) in [6, 6.07) is 5.49. The lowest BCUT2D eigenvalue weighted by atomic mass is 10.00. The maximum absolute atomic E-state index is 12.8. The van der Waals surface area contributed by atoms with Crippen LogP contribution < -0.4 is 5.32 Å².